The molecular formula is C21H23Cl2N5O3. The molecule has 0 fully saturated rings. The van der Waals surface area contributed by atoms with Gasteiger partial charge in [0.25, 0.3) is 0 Å². The van der Waals surface area contributed by atoms with E-state index in [4.69, 9.17) is 32.7 Å². The summed E-state index contributed by atoms with van der Waals surface area (Å²) in [6.45, 7) is 3.83. The first kappa shape index (κ1) is 23.0. The zero-order valence-electron chi connectivity index (χ0n) is 17.9. The zero-order valence-corrected chi connectivity index (χ0v) is 19.4. The number of nitrogens with zero attached hydrogens (tertiary/aromatic N) is 5. The number of ether oxygens (including phenoxy) is 2. The number of carbonyl (C=O) groups excluding carboxylic acids is 1. The van der Waals surface area contributed by atoms with E-state index in [9.17, 15) is 4.79 Å². The van der Waals surface area contributed by atoms with Crippen molar-refractivity contribution in [3.05, 3.63) is 62.9 Å². The molecule has 0 N–H and O–H groups in total. The Bertz CT molecular complexity index is 1080. The van der Waals surface area contributed by atoms with Gasteiger partial charge in [0.2, 0.25) is 5.91 Å². The molecular weight excluding hydrogens is 441 g/mol. The molecule has 1 amide bonds. The Hall–Kier alpha value is -2.68. The number of amides is 1. The van der Waals surface area contributed by atoms with Crippen molar-refractivity contribution < 1.29 is 14.3 Å². The molecule has 8 nitrogen and oxygen atoms in total. The highest BCUT2D eigenvalue weighted by Crippen LogP contribution is 2.40. The van der Waals surface area contributed by atoms with Gasteiger partial charge < -0.3 is 14.4 Å². The Labute approximate surface area is 190 Å². The molecule has 1 atom stereocenters. The molecule has 0 aliphatic rings. The van der Waals surface area contributed by atoms with Crippen molar-refractivity contribution >= 4 is 29.1 Å². The smallest absolute Gasteiger partial charge is 0.249 e. The molecule has 0 saturated carbocycles. The van der Waals surface area contributed by atoms with Crippen molar-refractivity contribution in [2.24, 2.45) is 0 Å². The van der Waals surface area contributed by atoms with Gasteiger partial charge in [0.15, 0.2) is 5.82 Å². The number of benzene rings is 2. The molecule has 0 bridgehead atoms. The van der Waals surface area contributed by atoms with Gasteiger partial charge in [-0.3, -0.25) is 4.79 Å². The van der Waals surface area contributed by atoms with E-state index in [2.05, 4.69) is 15.5 Å². The Kier molecular flexibility index (Phi) is 7.15. The fourth-order valence-electron chi connectivity index (χ4n) is 3.55. The van der Waals surface area contributed by atoms with Gasteiger partial charge in [-0.25, -0.2) is 0 Å². The summed E-state index contributed by atoms with van der Waals surface area (Å²) in [5.74, 6) is 0.506. The maximum atomic E-state index is 12.8. The number of hydrogen-bond donors (Lipinski definition) is 0. The Morgan fingerprint density at radius 2 is 1.87 bits per heavy atom. The molecule has 3 rings (SSSR count). The average Bonchev–Trinajstić information content (AvgIpc) is 3.17. The van der Waals surface area contributed by atoms with Gasteiger partial charge >= 0.3 is 0 Å². The lowest BCUT2D eigenvalue weighted by Crippen LogP contribution is -2.36. The topological polar surface area (TPSA) is 82.4 Å². The zero-order chi connectivity index (χ0) is 22.7. The van der Waals surface area contributed by atoms with Gasteiger partial charge in [-0.1, -0.05) is 41.4 Å². The lowest BCUT2D eigenvalue weighted by Gasteiger charge is -2.29. The molecule has 10 heteroatoms. The van der Waals surface area contributed by atoms with E-state index in [0.717, 1.165) is 16.8 Å². The van der Waals surface area contributed by atoms with Crippen LogP contribution in [0.15, 0.2) is 30.3 Å². The quantitative estimate of drug-likeness (QED) is 0.529. The van der Waals surface area contributed by atoms with Crippen molar-refractivity contribution in [1.82, 2.24) is 25.1 Å². The molecule has 1 heterocycles. The van der Waals surface area contributed by atoms with Crippen LogP contribution in [0.2, 0.25) is 10.0 Å². The van der Waals surface area contributed by atoms with E-state index in [1.165, 1.54) is 19.1 Å². The summed E-state index contributed by atoms with van der Waals surface area (Å²) in [4.78, 5) is 14.3. The molecule has 1 aromatic heterocycles. The highest BCUT2D eigenvalue weighted by atomic mass is 35.5. The lowest BCUT2D eigenvalue weighted by atomic mass is 10.0. The number of aromatic nitrogens is 4. The first-order valence-corrected chi connectivity index (χ1v) is 10.2. The minimum atomic E-state index is -0.747. The number of methoxy groups -OCH3 is 2. The van der Waals surface area contributed by atoms with Crippen molar-refractivity contribution in [3.8, 4) is 11.4 Å². The predicted octanol–water partition coefficient (Wildman–Crippen LogP) is 3.79. The van der Waals surface area contributed by atoms with Crippen LogP contribution < -0.4 is 4.74 Å². The minimum absolute atomic E-state index is 0.116. The largest absolute Gasteiger partial charge is 0.495 e. The molecule has 0 radical (unpaired) electrons. The summed E-state index contributed by atoms with van der Waals surface area (Å²) < 4.78 is 12.2. The molecule has 31 heavy (non-hydrogen) atoms. The third-order valence-corrected chi connectivity index (χ3v) is 5.47. The first-order valence-electron chi connectivity index (χ1n) is 9.42. The molecule has 2 aromatic carbocycles. The van der Waals surface area contributed by atoms with Crippen LogP contribution in [0.25, 0.3) is 5.69 Å². The molecule has 0 unspecified atom stereocenters. The van der Waals surface area contributed by atoms with E-state index in [1.807, 2.05) is 32.0 Å². The number of rotatable bonds is 7. The van der Waals surface area contributed by atoms with Crippen molar-refractivity contribution in [1.29, 1.82) is 0 Å². The van der Waals surface area contributed by atoms with Gasteiger partial charge in [-0.15, -0.1) is 5.10 Å². The summed E-state index contributed by atoms with van der Waals surface area (Å²) in [7, 11) is 4.60. The number of aryl methyl sites for hydroxylation is 2. The number of para-hydroxylation sites is 1. The second-order valence-corrected chi connectivity index (χ2v) is 7.88. The summed E-state index contributed by atoms with van der Waals surface area (Å²) in [6, 6.07) is 8.43. The molecule has 0 saturated heterocycles. The van der Waals surface area contributed by atoms with Crippen LogP contribution in [0, 0.1) is 13.8 Å². The van der Waals surface area contributed by atoms with E-state index >= 15 is 0 Å². The lowest BCUT2D eigenvalue weighted by molar-refractivity contribution is -0.135. The number of halogens is 2. The second-order valence-electron chi connectivity index (χ2n) is 7.04. The normalized spacial score (nSPS) is 12.0. The monoisotopic (exact) mass is 463 g/mol. The van der Waals surface area contributed by atoms with E-state index in [1.54, 1.807) is 23.9 Å². The predicted molar refractivity (Wildman–Crippen MR) is 118 cm³/mol. The standard InChI is InChI=1S/C21H23Cl2N5O3/c1-12-7-6-8-13(2)18(12)28-21(24-25-26-28)19(27(3)17(29)11-30-4)15-9-14(22)10-16(23)20(15)31-5/h6-10,19H,11H2,1-5H3/t19-/m0/s1. The maximum absolute atomic E-state index is 12.8. The molecule has 0 spiro atoms. The Balaban J connectivity index is 2.29. The number of likely N-dealkylation sites (N-methyl/N-ethyl adjacent to an activating group) is 1. The Morgan fingerprint density at radius 1 is 1.19 bits per heavy atom. The van der Waals surface area contributed by atoms with Gasteiger partial charge in [-0.05, 0) is 47.5 Å². The third-order valence-electron chi connectivity index (χ3n) is 4.97. The summed E-state index contributed by atoms with van der Waals surface area (Å²) in [6.07, 6.45) is 0. The summed E-state index contributed by atoms with van der Waals surface area (Å²) >= 11 is 12.7. The third kappa shape index (κ3) is 4.51. The number of carbonyl (C=O) groups is 1. The van der Waals surface area contributed by atoms with E-state index in [-0.39, 0.29) is 12.5 Å². The molecule has 0 aliphatic heterocycles. The summed E-state index contributed by atoms with van der Waals surface area (Å²) in [5, 5.41) is 13.1. The fraction of sp³-hybridized carbons (Fsp3) is 0.333. The molecule has 3 aromatic rings. The van der Waals surface area contributed by atoms with Crippen LogP contribution in [-0.2, 0) is 9.53 Å². The van der Waals surface area contributed by atoms with Crippen molar-refractivity contribution in [2.75, 3.05) is 27.9 Å². The van der Waals surface area contributed by atoms with E-state index in [0.29, 0.717) is 27.2 Å². The molecule has 0 aliphatic carbocycles. The van der Waals surface area contributed by atoms with Gasteiger partial charge in [0, 0.05) is 24.7 Å². The Morgan fingerprint density at radius 3 is 2.48 bits per heavy atom. The van der Waals surface area contributed by atoms with Crippen LogP contribution in [0.1, 0.15) is 28.6 Å². The SMILES string of the molecule is COCC(=O)N(C)[C@@H](c1cc(Cl)cc(Cl)c1OC)c1nnnn1-c1c(C)cccc1C. The van der Waals surface area contributed by atoms with Crippen LogP contribution in [0.4, 0.5) is 0 Å². The van der Waals surface area contributed by atoms with Gasteiger partial charge in [0.05, 0.1) is 17.8 Å². The first-order chi connectivity index (χ1) is 14.8. The van der Waals surface area contributed by atoms with Crippen LogP contribution in [0.5, 0.6) is 5.75 Å². The van der Waals surface area contributed by atoms with Crippen molar-refractivity contribution in [2.45, 2.75) is 19.9 Å². The van der Waals surface area contributed by atoms with Crippen molar-refractivity contribution in [3.63, 3.8) is 0 Å². The van der Waals surface area contributed by atoms with Crippen LogP contribution in [-0.4, -0.2) is 58.9 Å². The number of tetrazole rings is 1. The highest BCUT2D eigenvalue weighted by Gasteiger charge is 2.33. The summed E-state index contributed by atoms with van der Waals surface area (Å²) in [5.41, 5.74) is 3.34. The average molecular weight is 464 g/mol. The van der Waals surface area contributed by atoms with Crippen LogP contribution in [0.3, 0.4) is 0 Å². The highest BCUT2D eigenvalue weighted by molar-refractivity contribution is 6.35. The van der Waals surface area contributed by atoms with Gasteiger partial charge in [-0.2, -0.15) is 4.68 Å². The van der Waals surface area contributed by atoms with E-state index < -0.39 is 6.04 Å². The fourth-order valence-corrected chi connectivity index (χ4v) is 4.14. The maximum Gasteiger partial charge on any atom is 0.249 e. The van der Waals surface area contributed by atoms with Crippen LogP contribution >= 0.6 is 23.2 Å². The van der Waals surface area contributed by atoms with Gasteiger partial charge in [0.1, 0.15) is 18.4 Å². The second kappa shape index (κ2) is 9.64. The minimum Gasteiger partial charge on any atom is -0.495 e. The number of hydrogen-bond acceptors (Lipinski definition) is 6. The molecule has 164 valence electrons.